The molecule has 0 aliphatic rings. The Morgan fingerprint density at radius 3 is 2.42 bits per heavy atom. The number of hydrazone groups is 1. The zero-order valence-electron chi connectivity index (χ0n) is 11.0. The van der Waals surface area contributed by atoms with Crippen molar-refractivity contribution in [3.05, 3.63) is 34.3 Å². The highest BCUT2D eigenvalue weighted by Gasteiger charge is 2.05. The van der Waals surface area contributed by atoms with Crippen molar-refractivity contribution >= 4 is 27.9 Å². The van der Waals surface area contributed by atoms with Crippen molar-refractivity contribution in [2.45, 2.75) is 20.3 Å². The Kier molecular flexibility index (Phi) is 6.95. The molecule has 1 amide bonds. The van der Waals surface area contributed by atoms with E-state index in [1.165, 1.54) is 0 Å². The molecule has 1 rings (SSSR count). The number of hydrogen-bond donors (Lipinski definition) is 1. The summed E-state index contributed by atoms with van der Waals surface area (Å²) in [5.74, 6) is 0.442. The van der Waals surface area contributed by atoms with Crippen LogP contribution < -0.4 is 5.43 Å². The van der Waals surface area contributed by atoms with Gasteiger partial charge in [0.15, 0.2) is 0 Å². The molecule has 0 aliphatic carbocycles. The SMILES string of the molecule is CCOC(=O)NN=C(Cc1ccc(Br)cc1)OCC. The fourth-order valence-corrected chi connectivity index (χ4v) is 1.60. The molecule has 6 heteroatoms. The lowest BCUT2D eigenvalue weighted by atomic mass is 10.1. The minimum atomic E-state index is -0.587. The van der Waals surface area contributed by atoms with Gasteiger partial charge in [0.1, 0.15) is 0 Å². The third-order valence-corrected chi connectivity index (χ3v) is 2.66. The first-order valence-corrected chi connectivity index (χ1v) is 6.81. The van der Waals surface area contributed by atoms with Gasteiger partial charge in [-0.25, -0.2) is 10.2 Å². The van der Waals surface area contributed by atoms with Gasteiger partial charge in [-0.05, 0) is 31.5 Å². The summed E-state index contributed by atoms with van der Waals surface area (Å²) >= 11 is 3.37. The molecule has 0 bridgehead atoms. The van der Waals surface area contributed by atoms with Crippen molar-refractivity contribution in [3.63, 3.8) is 0 Å². The number of benzene rings is 1. The molecule has 0 saturated carbocycles. The molecule has 0 radical (unpaired) electrons. The number of halogens is 1. The smallest absolute Gasteiger partial charge is 0.427 e. The van der Waals surface area contributed by atoms with Crippen LogP contribution in [0.15, 0.2) is 33.8 Å². The van der Waals surface area contributed by atoms with E-state index < -0.39 is 6.09 Å². The van der Waals surface area contributed by atoms with Crippen LogP contribution in [0.3, 0.4) is 0 Å². The maximum atomic E-state index is 11.1. The maximum Gasteiger partial charge on any atom is 0.427 e. The van der Waals surface area contributed by atoms with E-state index in [4.69, 9.17) is 9.47 Å². The predicted octanol–water partition coefficient (Wildman–Crippen LogP) is 3.09. The molecule has 0 aromatic heterocycles. The first kappa shape index (κ1) is 15.5. The van der Waals surface area contributed by atoms with Crippen LogP contribution in [-0.2, 0) is 15.9 Å². The lowest BCUT2D eigenvalue weighted by Gasteiger charge is -2.08. The van der Waals surface area contributed by atoms with E-state index in [0.29, 0.717) is 25.5 Å². The lowest BCUT2D eigenvalue weighted by molar-refractivity contribution is 0.152. The number of ether oxygens (including phenoxy) is 2. The molecule has 0 unspecified atom stereocenters. The quantitative estimate of drug-likeness (QED) is 0.513. The third-order valence-electron chi connectivity index (χ3n) is 2.13. The van der Waals surface area contributed by atoms with E-state index >= 15 is 0 Å². The summed E-state index contributed by atoms with van der Waals surface area (Å²) in [6.45, 7) is 4.38. The Bertz CT molecular complexity index is 432. The molecule has 1 aromatic rings. The summed E-state index contributed by atoms with van der Waals surface area (Å²) in [5, 5.41) is 3.91. The standard InChI is InChI=1S/C13H17BrN2O3/c1-3-18-12(15-16-13(17)19-4-2)9-10-5-7-11(14)8-6-10/h5-8H,3-4,9H2,1-2H3,(H,16,17). The average molecular weight is 329 g/mol. The van der Waals surface area contributed by atoms with E-state index in [9.17, 15) is 4.79 Å². The fraction of sp³-hybridized carbons (Fsp3) is 0.385. The summed E-state index contributed by atoms with van der Waals surface area (Å²) in [4.78, 5) is 11.1. The van der Waals surface area contributed by atoms with Crippen molar-refractivity contribution in [3.8, 4) is 0 Å². The van der Waals surface area contributed by atoms with Gasteiger partial charge in [-0.3, -0.25) is 0 Å². The summed E-state index contributed by atoms with van der Waals surface area (Å²) in [6, 6.07) is 7.81. The van der Waals surface area contributed by atoms with E-state index in [2.05, 4.69) is 26.5 Å². The van der Waals surface area contributed by atoms with Crippen molar-refractivity contribution in [2.75, 3.05) is 13.2 Å². The molecule has 0 spiro atoms. The van der Waals surface area contributed by atoms with Crippen LogP contribution in [0, 0.1) is 0 Å². The zero-order chi connectivity index (χ0) is 14.1. The lowest BCUT2D eigenvalue weighted by Crippen LogP contribution is -2.22. The third kappa shape index (κ3) is 6.24. The second kappa shape index (κ2) is 8.53. The number of carbonyl (C=O) groups is 1. The summed E-state index contributed by atoms with van der Waals surface area (Å²) < 4.78 is 11.1. The number of nitrogens with one attached hydrogen (secondary N) is 1. The molecule has 1 N–H and O–H groups in total. The van der Waals surface area contributed by atoms with Crippen LogP contribution >= 0.6 is 15.9 Å². The number of amides is 1. The first-order chi connectivity index (χ1) is 9.15. The van der Waals surface area contributed by atoms with E-state index in [1.54, 1.807) is 6.92 Å². The van der Waals surface area contributed by atoms with Gasteiger partial charge in [-0.2, -0.15) is 0 Å². The maximum absolute atomic E-state index is 11.1. The molecule has 0 fully saturated rings. The second-order valence-electron chi connectivity index (χ2n) is 3.57. The van der Waals surface area contributed by atoms with Crippen LogP contribution in [0.25, 0.3) is 0 Å². The monoisotopic (exact) mass is 328 g/mol. The highest BCUT2D eigenvalue weighted by atomic mass is 79.9. The summed E-state index contributed by atoms with van der Waals surface area (Å²) in [6.07, 6.45) is -0.0800. The largest absolute Gasteiger partial charge is 0.480 e. The van der Waals surface area contributed by atoms with Crippen LogP contribution in [0.2, 0.25) is 0 Å². The van der Waals surface area contributed by atoms with Crippen LogP contribution in [0.1, 0.15) is 19.4 Å². The predicted molar refractivity (Wildman–Crippen MR) is 77.1 cm³/mol. The van der Waals surface area contributed by atoms with Crippen LogP contribution in [-0.4, -0.2) is 25.2 Å². The topological polar surface area (TPSA) is 59.9 Å². The normalized spacial score (nSPS) is 11.0. The molecule has 0 aliphatic heterocycles. The first-order valence-electron chi connectivity index (χ1n) is 6.02. The van der Waals surface area contributed by atoms with Crippen molar-refractivity contribution in [2.24, 2.45) is 5.10 Å². The van der Waals surface area contributed by atoms with Crippen LogP contribution in [0.5, 0.6) is 0 Å². The van der Waals surface area contributed by atoms with Gasteiger partial charge in [-0.1, -0.05) is 28.1 Å². The molecule has 0 heterocycles. The van der Waals surface area contributed by atoms with Crippen molar-refractivity contribution in [1.29, 1.82) is 0 Å². The molecule has 0 atom stereocenters. The second-order valence-corrected chi connectivity index (χ2v) is 4.49. The zero-order valence-corrected chi connectivity index (χ0v) is 12.6. The molecule has 5 nitrogen and oxygen atoms in total. The van der Waals surface area contributed by atoms with E-state index in [1.807, 2.05) is 31.2 Å². The summed E-state index contributed by atoms with van der Waals surface area (Å²) in [5.41, 5.74) is 3.34. The minimum Gasteiger partial charge on any atom is -0.480 e. The Labute approximate surface area is 121 Å². The Hall–Kier alpha value is -1.56. The van der Waals surface area contributed by atoms with E-state index in [-0.39, 0.29) is 0 Å². The molecule has 0 saturated heterocycles. The molecule has 1 aromatic carbocycles. The number of rotatable bonds is 5. The highest BCUT2D eigenvalue weighted by molar-refractivity contribution is 9.10. The highest BCUT2D eigenvalue weighted by Crippen LogP contribution is 2.11. The van der Waals surface area contributed by atoms with Gasteiger partial charge in [0, 0.05) is 4.47 Å². The molecule has 19 heavy (non-hydrogen) atoms. The Morgan fingerprint density at radius 1 is 1.21 bits per heavy atom. The van der Waals surface area contributed by atoms with Gasteiger partial charge in [0.25, 0.3) is 0 Å². The molecular formula is C13H17BrN2O3. The number of carbonyl (C=O) groups excluding carboxylic acids is 1. The Balaban J connectivity index is 2.63. The van der Waals surface area contributed by atoms with Gasteiger partial charge < -0.3 is 9.47 Å². The summed E-state index contributed by atoms with van der Waals surface area (Å²) in [7, 11) is 0. The van der Waals surface area contributed by atoms with Crippen LogP contribution in [0.4, 0.5) is 4.79 Å². The number of hydrogen-bond acceptors (Lipinski definition) is 4. The molecular weight excluding hydrogens is 312 g/mol. The van der Waals surface area contributed by atoms with Crippen molar-refractivity contribution < 1.29 is 14.3 Å². The van der Waals surface area contributed by atoms with Gasteiger partial charge in [0.2, 0.25) is 5.90 Å². The Morgan fingerprint density at radius 2 is 1.84 bits per heavy atom. The van der Waals surface area contributed by atoms with Gasteiger partial charge in [-0.15, -0.1) is 5.10 Å². The fourth-order valence-electron chi connectivity index (χ4n) is 1.34. The van der Waals surface area contributed by atoms with Crippen molar-refractivity contribution in [1.82, 2.24) is 5.43 Å². The minimum absolute atomic E-state index is 0.304. The average Bonchev–Trinajstić information content (AvgIpc) is 2.39. The van der Waals surface area contributed by atoms with Gasteiger partial charge >= 0.3 is 6.09 Å². The molecule has 104 valence electrons. The van der Waals surface area contributed by atoms with E-state index in [0.717, 1.165) is 10.0 Å². The van der Waals surface area contributed by atoms with Gasteiger partial charge in [0.05, 0.1) is 19.6 Å². The number of nitrogens with zero attached hydrogens (tertiary/aromatic N) is 1.